The van der Waals surface area contributed by atoms with Gasteiger partial charge in [-0.15, -0.1) is 0 Å². The van der Waals surface area contributed by atoms with Gasteiger partial charge in [-0.1, -0.05) is 29.3 Å². The van der Waals surface area contributed by atoms with Crippen molar-refractivity contribution in [2.45, 2.75) is 6.42 Å². The first-order valence-corrected chi connectivity index (χ1v) is 7.99. The van der Waals surface area contributed by atoms with E-state index in [1.165, 1.54) is 6.08 Å². The molecule has 1 aromatic rings. The summed E-state index contributed by atoms with van der Waals surface area (Å²) in [7, 11) is -3.14. The van der Waals surface area contributed by atoms with Crippen molar-refractivity contribution in [2.75, 3.05) is 11.1 Å². The number of carbonyl (C=O) groups is 1. The van der Waals surface area contributed by atoms with E-state index in [1.54, 1.807) is 18.2 Å². The quantitative estimate of drug-likeness (QED) is 0.931. The molecule has 4 nitrogen and oxygen atoms in total. The summed E-state index contributed by atoms with van der Waals surface area (Å²) in [6, 6.07) is 4.74. The fourth-order valence-corrected chi connectivity index (χ4v) is 3.54. The molecule has 1 aliphatic rings. The highest BCUT2D eigenvalue weighted by Crippen LogP contribution is 2.26. The zero-order chi connectivity index (χ0) is 14.0. The molecule has 7 heteroatoms. The molecule has 1 unspecified atom stereocenters. The van der Waals surface area contributed by atoms with Crippen LogP contribution in [0.15, 0.2) is 29.7 Å². The van der Waals surface area contributed by atoms with E-state index in [0.717, 1.165) is 5.41 Å². The molecule has 1 N–H and O–H groups in total. The normalized spacial score (nSPS) is 20.4. The molecular formula is C12H11Cl2NO3S. The first-order chi connectivity index (χ1) is 8.85. The van der Waals surface area contributed by atoms with E-state index in [9.17, 15) is 13.2 Å². The molecule has 0 bridgehead atoms. The summed E-state index contributed by atoms with van der Waals surface area (Å²) >= 11 is 11.7. The van der Waals surface area contributed by atoms with E-state index in [2.05, 4.69) is 5.32 Å². The predicted octanol–water partition coefficient (Wildman–Crippen LogP) is 2.88. The minimum absolute atomic E-state index is 0.0241. The van der Waals surface area contributed by atoms with Crippen molar-refractivity contribution < 1.29 is 13.2 Å². The maximum Gasteiger partial charge on any atom is 0.225 e. The molecule has 1 heterocycles. The van der Waals surface area contributed by atoms with E-state index in [-0.39, 0.29) is 24.0 Å². The predicted molar refractivity (Wildman–Crippen MR) is 76.1 cm³/mol. The highest BCUT2D eigenvalue weighted by atomic mass is 35.5. The highest BCUT2D eigenvalue weighted by molar-refractivity contribution is 7.94. The van der Waals surface area contributed by atoms with Gasteiger partial charge in [-0.3, -0.25) is 4.79 Å². The van der Waals surface area contributed by atoms with Crippen molar-refractivity contribution in [3.63, 3.8) is 0 Å². The molecule has 0 spiro atoms. The van der Waals surface area contributed by atoms with Crippen LogP contribution in [0.3, 0.4) is 0 Å². The molecule has 1 aromatic carbocycles. The summed E-state index contributed by atoms with van der Waals surface area (Å²) in [4.78, 5) is 11.8. The Hall–Kier alpha value is -1.04. The van der Waals surface area contributed by atoms with Gasteiger partial charge in [-0.2, -0.15) is 0 Å². The van der Waals surface area contributed by atoms with Gasteiger partial charge in [0.15, 0.2) is 9.84 Å². The van der Waals surface area contributed by atoms with Gasteiger partial charge in [0.2, 0.25) is 5.91 Å². The minimum atomic E-state index is -3.14. The Balaban J connectivity index is 1.99. The van der Waals surface area contributed by atoms with Crippen LogP contribution in [-0.4, -0.2) is 20.1 Å². The number of sulfone groups is 1. The third-order valence-electron chi connectivity index (χ3n) is 2.65. The lowest BCUT2D eigenvalue weighted by Crippen LogP contribution is -2.17. The standard InChI is InChI=1S/C12H11Cl2NO3S/c13-9-1-2-10(14)11(6-9)15-12(16)5-8-3-4-19(17,18)7-8/h1-4,6,8H,5,7H2,(H,15,16). The van der Waals surface area contributed by atoms with Gasteiger partial charge in [-0.05, 0) is 18.2 Å². The van der Waals surface area contributed by atoms with Crippen molar-refractivity contribution in [2.24, 2.45) is 5.92 Å². The van der Waals surface area contributed by atoms with Crippen LogP contribution in [0.4, 0.5) is 5.69 Å². The third kappa shape index (κ3) is 3.96. The number of carbonyl (C=O) groups excluding carboxylic acids is 1. The van der Waals surface area contributed by atoms with Crippen molar-refractivity contribution in [1.29, 1.82) is 0 Å². The maximum atomic E-state index is 11.8. The lowest BCUT2D eigenvalue weighted by molar-refractivity contribution is -0.116. The molecule has 0 saturated heterocycles. The van der Waals surface area contributed by atoms with Crippen LogP contribution in [0.5, 0.6) is 0 Å². The van der Waals surface area contributed by atoms with Crippen molar-refractivity contribution >= 4 is 44.6 Å². The van der Waals surface area contributed by atoms with Gasteiger partial charge in [0.25, 0.3) is 0 Å². The first-order valence-electron chi connectivity index (χ1n) is 5.51. The number of allylic oxidation sites excluding steroid dienone is 1. The Morgan fingerprint density at radius 1 is 1.37 bits per heavy atom. The summed E-state index contributed by atoms with van der Waals surface area (Å²) in [5, 5.41) is 4.61. The number of hydrogen-bond acceptors (Lipinski definition) is 3. The van der Waals surface area contributed by atoms with Crippen LogP contribution < -0.4 is 5.32 Å². The van der Waals surface area contributed by atoms with E-state index in [1.807, 2.05) is 0 Å². The summed E-state index contributed by atoms with van der Waals surface area (Å²) in [5.41, 5.74) is 0.420. The summed E-state index contributed by atoms with van der Waals surface area (Å²) in [6.45, 7) is 0. The van der Waals surface area contributed by atoms with Gasteiger partial charge in [0, 0.05) is 22.8 Å². The van der Waals surface area contributed by atoms with Crippen LogP contribution in [-0.2, 0) is 14.6 Å². The maximum absolute atomic E-state index is 11.8. The number of rotatable bonds is 3. The zero-order valence-corrected chi connectivity index (χ0v) is 12.1. The van der Waals surface area contributed by atoms with Crippen LogP contribution in [0.25, 0.3) is 0 Å². The average molecular weight is 320 g/mol. The second kappa shape index (κ2) is 5.53. The molecular weight excluding hydrogens is 309 g/mol. The molecule has 0 fully saturated rings. The lowest BCUT2D eigenvalue weighted by atomic mass is 10.1. The molecule has 1 atom stereocenters. The molecule has 0 radical (unpaired) electrons. The molecule has 1 aliphatic heterocycles. The van der Waals surface area contributed by atoms with Crippen molar-refractivity contribution in [1.82, 2.24) is 0 Å². The van der Waals surface area contributed by atoms with Gasteiger partial charge < -0.3 is 5.32 Å². The number of anilines is 1. The highest BCUT2D eigenvalue weighted by Gasteiger charge is 2.24. The third-order valence-corrected chi connectivity index (χ3v) is 4.68. The summed E-state index contributed by atoms with van der Waals surface area (Å²) in [5.74, 6) is -0.608. The fourth-order valence-electron chi connectivity index (χ4n) is 1.80. The SMILES string of the molecule is O=C(CC1C=CS(=O)(=O)C1)Nc1cc(Cl)ccc1Cl. The van der Waals surface area contributed by atoms with Crippen LogP contribution in [0.2, 0.25) is 10.0 Å². The smallest absolute Gasteiger partial charge is 0.225 e. The van der Waals surface area contributed by atoms with Gasteiger partial charge in [0.05, 0.1) is 16.5 Å². The molecule has 0 saturated carbocycles. The lowest BCUT2D eigenvalue weighted by Gasteiger charge is -2.09. The zero-order valence-electron chi connectivity index (χ0n) is 9.77. The Morgan fingerprint density at radius 2 is 2.11 bits per heavy atom. The van der Waals surface area contributed by atoms with E-state index in [4.69, 9.17) is 23.2 Å². The van der Waals surface area contributed by atoms with E-state index >= 15 is 0 Å². The van der Waals surface area contributed by atoms with Crippen molar-refractivity contribution in [3.05, 3.63) is 39.7 Å². The molecule has 2 rings (SSSR count). The molecule has 102 valence electrons. The molecule has 1 amide bonds. The largest absolute Gasteiger partial charge is 0.325 e. The summed E-state index contributed by atoms with van der Waals surface area (Å²) < 4.78 is 22.4. The Labute approximate surface area is 121 Å². The number of hydrogen-bond donors (Lipinski definition) is 1. The van der Waals surface area contributed by atoms with E-state index in [0.29, 0.717) is 15.7 Å². The molecule has 0 aliphatic carbocycles. The second-order valence-electron chi connectivity index (χ2n) is 4.29. The monoisotopic (exact) mass is 319 g/mol. The van der Waals surface area contributed by atoms with Crippen molar-refractivity contribution in [3.8, 4) is 0 Å². The fraction of sp³-hybridized carbons (Fsp3) is 0.250. The number of amides is 1. The van der Waals surface area contributed by atoms with Crippen LogP contribution >= 0.6 is 23.2 Å². The number of benzene rings is 1. The van der Waals surface area contributed by atoms with Crippen LogP contribution in [0.1, 0.15) is 6.42 Å². The van der Waals surface area contributed by atoms with Gasteiger partial charge in [-0.25, -0.2) is 8.42 Å². The molecule has 19 heavy (non-hydrogen) atoms. The number of nitrogens with one attached hydrogen (secondary N) is 1. The summed E-state index contributed by atoms with van der Waals surface area (Å²) in [6.07, 6.45) is 1.63. The second-order valence-corrected chi connectivity index (χ2v) is 7.07. The first kappa shape index (κ1) is 14.4. The Bertz CT molecular complexity index is 640. The average Bonchev–Trinajstić information content (AvgIpc) is 2.63. The Kier molecular flexibility index (Phi) is 4.18. The topological polar surface area (TPSA) is 63.2 Å². The van der Waals surface area contributed by atoms with Gasteiger partial charge >= 0.3 is 0 Å². The molecule has 0 aromatic heterocycles. The van der Waals surface area contributed by atoms with Crippen LogP contribution in [0, 0.1) is 5.92 Å². The van der Waals surface area contributed by atoms with E-state index < -0.39 is 9.84 Å². The minimum Gasteiger partial charge on any atom is -0.325 e. The number of halogens is 2. The van der Waals surface area contributed by atoms with Gasteiger partial charge in [0.1, 0.15) is 0 Å². The Morgan fingerprint density at radius 3 is 2.74 bits per heavy atom.